The van der Waals surface area contributed by atoms with Crippen LogP contribution in [0, 0.1) is 0 Å². The maximum atomic E-state index is 12.2. The van der Waals surface area contributed by atoms with Gasteiger partial charge in [0.05, 0.1) is 12.7 Å². The number of anilines is 1. The third kappa shape index (κ3) is 5.68. The van der Waals surface area contributed by atoms with Crippen LogP contribution >= 0.6 is 0 Å². The number of benzene rings is 1. The number of ether oxygens (including phenoxy) is 3. The molecule has 0 aliphatic heterocycles. The number of methoxy groups -OCH3 is 1. The molecule has 1 aliphatic rings. The van der Waals surface area contributed by atoms with Gasteiger partial charge in [0.1, 0.15) is 23.4 Å². The van der Waals surface area contributed by atoms with Gasteiger partial charge in [0.25, 0.3) is 5.91 Å². The SMILES string of the molecule is COc1cc(O)c(C=O)c(OCC(=O)Nc2cc(C3CC(OC(=O)NC(C)C)C3)[nH]n2)c1. The van der Waals surface area contributed by atoms with E-state index in [9.17, 15) is 19.5 Å². The lowest BCUT2D eigenvalue weighted by molar-refractivity contribution is -0.118. The largest absolute Gasteiger partial charge is 0.507 e. The minimum Gasteiger partial charge on any atom is -0.507 e. The number of carbonyl (C=O) groups excluding carboxylic acids is 3. The monoisotopic (exact) mass is 446 g/mol. The predicted octanol–water partition coefficient (Wildman–Crippen LogP) is 2.33. The average Bonchev–Trinajstić information content (AvgIpc) is 3.15. The van der Waals surface area contributed by atoms with Crippen molar-refractivity contribution in [3.63, 3.8) is 0 Å². The number of rotatable bonds is 9. The Morgan fingerprint density at radius 2 is 2.06 bits per heavy atom. The molecule has 11 heteroatoms. The Labute approximate surface area is 184 Å². The van der Waals surface area contributed by atoms with E-state index in [1.165, 1.54) is 19.2 Å². The average molecular weight is 446 g/mol. The first kappa shape index (κ1) is 22.9. The Morgan fingerprint density at radius 1 is 1.31 bits per heavy atom. The second kappa shape index (κ2) is 10.0. The molecular formula is C21H26N4O7. The normalized spacial score (nSPS) is 17.2. The van der Waals surface area contributed by atoms with Crippen molar-refractivity contribution < 1.29 is 33.7 Å². The van der Waals surface area contributed by atoms with Crippen molar-refractivity contribution in [2.24, 2.45) is 0 Å². The predicted molar refractivity (Wildman–Crippen MR) is 113 cm³/mol. The molecule has 32 heavy (non-hydrogen) atoms. The van der Waals surface area contributed by atoms with Crippen molar-refractivity contribution in [3.8, 4) is 17.2 Å². The van der Waals surface area contributed by atoms with Crippen LogP contribution in [-0.2, 0) is 9.53 Å². The number of nitrogens with one attached hydrogen (secondary N) is 3. The zero-order valence-electron chi connectivity index (χ0n) is 18.0. The smallest absolute Gasteiger partial charge is 0.407 e. The van der Waals surface area contributed by atoms with Crippen LogP contribution in [0.25, 0.3) is 0 Å². The summed E-state index contributed by atoms with van der Waals surface area (Å²) in [4.78, 5) is 35.0. The van der Waals surface area contributed by atoms with Gasteiger partial charge in [0.15, 0.2) is 18.7 Å². The number of H-pyrrole nitrogens is 1. The number of hydrogen-bond donors (Lipinski definition) is 4. The molecule has 0 spiro atoms. The van der Waals surface area contributed by atoms with Gasteiger partial charge >= 0.3 is 6.09 Å². The number of hydrogen-bond acceptors (Lipinski definition) is 8. The van der Waals surface area contributed by atoms with Crippen LogP contribution < -0.4 is 20.1 Å². The Kier molecular flexibility index (Phi) is 7.18. The standard InChI is InChI=1S/C21H26N4O7/c1-11(2)22-21(29)32-14-4-12(5-14)16-8-19(25-24-16)23-20(28)10-31-18-7-13(30-3)6-17(27)15(18)9-26/h6-9,11-12,14,27H,4-5,10H2,1-3H3,(H,22,29)(H2,23,24,25,28). The van der Waals surface area contributed by atoms with Gasteiger partial charge in [0, 0.05) is 35.9 Å². The molecule has 1 heterocycles. The van der Waals surface area contributed by atoms with E-state index >= 15 is 0 Å². The fourth-order valence-corrected chi connectivity index (χ4v) is 3.21. The highest BCUT2D eigenvalue weighted by molar-refractivity contribution is 5.91. The fraction of sp³-hybridized carbons (Fsp3) is 0.429. The third-order valence-corrected chi connectivity index (χ3v) is 4.89. The van der Waals surface area contributed by atoms with Crippen LogP contribution in [0.2, 0.25) is 0 Å². The molecule has 0 atom stereocenters. The number of carbonyl (C=O) groups is 3. The van der Waals surface area contributed by atoms with Crippen molar-refractivity contribution >= 4 is 24.1 Å². The molecule has 0 saturated heterocycles. The number of amides is 2. The molecule has 0 unspecified atom stereocenters. The first-order chi connectivity index (χ1) is 15.3. The molecule has 1 aromatic heterocycles. The lowest BCUT2D eigenvalue weighted by atomic mass is 9.80. The van der Waals surface area contributed by atoms with Gasteiger partial charge in [-0.3, -0.25) is 14.7 Å². The number of aromatic hydroxyl groups is 1. The van der Waals surface area contributed by atoms with Crippen LogP contribution in [-0.4, -0.2) is 59.5 Å². The molecule has 1 fully saturated rings. The van der Waals surface area contributed by atoms with Crippen molar-refractivity contribution in [1.29, 1.82) is 0 Å². The van der Waals surface area contributed by atoms with E-state index in [4.69, 9.17) is 14.2 Å². The molecule has 172 valence electrons. The van der Waals surface area contributed by atoms with E-state index in [1.807, 2.05) is 13.8 Å². The summed E-state index contributed by atoms with van der Waals surface area (Å²) in [5, 5.41) is 22.1. The first-order valence-corrected chi connectivity index (χ1v) is 10.1. The number of aldehydes is 1. The highest BCUT2D eigenvalue weighted by Gasteiger charge is 2.34. The van der Waals surface area contributed by atoms with E-state index in [2.05, 4.69) is 20.8 Å². The fourth-order valence-electron chi connectivity index (χ4n) is 3.21. The topological polar surface area (TPSA) is 152 Å². The molecule has 1 saturated carbocycles. The number of phenols is 1. The molecule has 1 aliphatic carbocycles. The summed E-state index contributed by atoms with van der Waals surface area (Å²) in [6, 6.07) is 4.40. The second-order valence-electron chi connectivity index (χ2n) is 7.72. The lowest BCUT2D eigenvalue weighted by Gasteiger charge is -2.33. The van der Waals surface area contributed by atoms with E-state index < -0.39 is 18.6 Å². The van der Waals surface area contributed by atoms with Crippen molar-refractivity contribution in [2.75, 3.05) is 19.0 Å². The van der Waals surface area contributed by atoms with E-state index in [0.717, 1.165) is 5.69 Å². The van der Waals surface area contributed by atoms with E-state index in [-0.39, 0.29) is 40.9 Å². The van der Waals surface area contributed by atoms with Gasteiger partial charge in [-0.05, 0) is 26.7 Å². The summed E-state index contributed by atoms with van der Waals surface area (Å²) < 4.78 is 15.7. The third-order valence-electron chi connectivity index (χ3n) is 4.89. The summed E-state index contributed by atoms with van der Waals surface area (Å²) in [5.74, 6) is -0.0315. The number of aromatic amines is 1. The quantitative estimate of drug-likeness (QED) is 0.428. The zero-order valence-corrected chi connectivity index (χ0v) is 18.0. The molecule has 0 bridgehead atoms. The Morgan fingerprint density at radius 3 is 2.72 bits per heavy atom. The molecule has 11 nitrogen and oxygen atoms in total. The molecular weight excluding hydrogens is 420 g/mol. The van der Waals surface area contributed by atoms with Crippen LogP contribution in [0.5, 0.6) is 17.2 Å². The van der Waals surface area contributed by atoms with Gasteiger partial charge in [0.2, 0.25) is 0 Å². The number of phenolic OH excluding ortho intramolecular Hbond substituents is 1. The highest BCUT2D eigenvalue weighted by atomic mass is 16.6. The molecule has 1 aromatic carbocycles. The van der Waals surface area contributed by atoms with Crippen LogP contribution in [0.1, 0.15) is 48.7 Å². The summed E-state index contributed by atoms with van der Waals surface area (Å²) in [6.07, 6.45) is 1.18. The number of aromatic nitrogens is 2. The van der Waals surface area contributed by atoms with Gasteiger partial charge in [-0.2, -0.15) is 5.10 Å². The Bertz CT molecular complexity index is 983. The zero-order chi connectivity index (χ0) is 23.3. The van der Waals surface area contributed by atoms with E-state index in [0.29, 0.717) is 24.9 Å². The second-order valence-corrected chi connectivity index (χ2v) is 7.72. The number of nitrogens with zero attached hydrogens (tertiary/aromatic N) is 1. The van der Waals surface area contributed by atoms with Crippen molar-refractivity contribution in [2.45, 2.75) is 44.8 Å². The maximum Gasteiger partial charge on any atom is 0.407 e. The highest BCUT2D eigenvalue weighted by Crippen LogP contribution is 2.38. The molecule has 3 rings (SSSR count). The molecule has 4 N–H and O–H groups in total. The van der Waals surface area contributed by atoms with Crippen LogP contribution in [0.3, 0.4) is 0 Å². The van der Waals surface area contributed by atoms with Crippen molar-refractivity contribution in [1.82, 2.24) is 15.5 Å². The molecule has 2 amide bonds. The molecule has 2 aromatic rings. The van der Waals surface area contributed by atoms with Crippen molar-refractivity contribution in [3.05, 3.63) is 29.5 Å². The van der Waals surface area contributed by atoms with Gasteiger partial charge in [-0.1, -0.05) is 0 Å². The Hall–Kier alpha value is -3.76. The lowest BCUT2D eigenvalue weighted by Crippen LogP contribution is -2.38. The maximum absolute atomic E-state index is 12.2. The van der Waals surface area contributed by atoms with E-state index in [1.54, 1.807) is 6.07 Å². The minimum absolute atomic E-state index is 0.0146. The summed E-state index contributed by atoms with van der Waals surface area (Å²) >= 11 is 0. The first-order valence-electron chi connectivity index (χ1n) is 10.1. The minimum atomic E-state index is -0.498. The number of alkyl carbamates (subject to hydrolysis) is 1. The summed E-state index contributed by atoms with van der Waals surface area (Å²) in [7, 11) is 1.40. The van der Waals surface area contributed by atoms with Gasteiger partial charge < -0.3 is 30.0 Å². The summed E-state index contributed by atoms with van der Waals surface area (Å²) in [5.41, 5.74) is 0.746. The van der Waals surface area contributed by atoms with Gasteiger partial charge in [-0.25, -0.2) is 4.79 Å². The molecule has 0 radical (unpaired) electrons. The van der Waals surface area contributed by atoms with Gasteiger partial charge in [-0.15, -0.1) is 0 Å². The van der Waals surface area contributed by atoms with Crippen LogP contribution in [0.15, 0.2) is 18.2 Å². The Balaban J connectivity index is 1.48. The van der Waals surface area contributed by atoms with Crippen LogP contribution in [0.4, 0.5) is 10.6 Å². The summed E-state index contributed by atoms with van der Waals surface area (Å²) in [6.45, 7) is 3.32.